The van der Waals surface area contributed by atoms with Crippen molar-refractivity contribution in [2.75, 3.05) is 19.8 Å². The fourth-order valence-corrected chi connectivity index (χ4v) is 2.70. The lowest BCUT2D eigenvalue weighted by atomic mass is 9.88. The Morgan fingerprint density at radius 1 is 1.39 bits per heavy atom. The molecule has 1 aliphatic rings. The van der Waals surface area contributed by atoms with Crippen LogP contribution in [0.4, 0.5) is 0 Å². The first-order valence-electron chi connectivity index (χ1n) is 7.23. The normalized spacial score (nSPS) is 18.9. The van der Waals surface area contributed by atoms with Gasteiger partial charge in [-0.25, -0.2) is 0 Å². The van der Waals surface area contributed by atoms with E-state index >= 15 is 0 Å². The SMILES string of the molecule is CCCNC(CCc1ccco1)C1CCOCC1. The molecule has 1 unspecified atom stereocenters. The van der Waals surface area contributed by atoms with Crippen molar-refractivity contribution in [2.45, 2.75) is 45.1 Å². The molecule has 1 atom stereocenters. The van der Waals surface area contributed by atoms with Gasteiger partial charge in [-0.05, 0) is 50.3 Å². The van der Waals surface area contributed by atoms with Crippen LogP contribution in [0.15, 0.2) is 22.8 Å². The van der Waals surface area contributed by atoms with Crippen LogP contribution in [-0.4, -0.2) is 25.8 Å². The third-order valence-corrected chi connectivity index (χ3v) is 3.77. The predicted octanol–water partition coefficient (Wildman–Crippen LogP) is 3.01. The second-order valence-corrected chi connectivity index (χ2v) is 5.13. The molecule has 1 N–H and O–H groups in total. The maximum atomic E-state index is 5.46. The van der Waals surface area contributed by atoms with Crippen molar-refractivity contribution >= 4 is 0 Å². The second-order valence-electron chi connectivity index (χ2n) is 5.13. The molecule has 102 valence electrons. The van der Waals surface area contributed by atoms with E-state index in [1.54, 1.807) is 6.26 Å². The Hall–Kier alpha value is -0.800. The monoisotopic (exact) mass is 251 g/mol. The molecule has 1 aliphatic heterocycles. The van der Waals surface area contributed by atoms with Gasteiger partial charge in [0.05, 0.1) is 6.26 Å². The molecule has 2 heterocycles. The maximum Gasteiger partial charge on any atom is 0.103 e. The summed E-state index contributed by atoms with van der Waals surface area (Å²) in [7, 11) is 0. The van der Waals surface area contributed by atoms with Gasteiger partial charge in [-0.1, -0.05) is 6.92 Å². The number of aryl methyl sites for hydroxylation is 1. The minimum atomic E-state index is 0.610. The summed E-state index contributed by atoms with van der Waals surface area (Å²) in [6.07, 6.45) is 7.54. The first-order chi connectivity index (χ1) is 8.90. The summed E-state index contributed by atoms with van der Waals surface area (Å²) in [4.78, 5) is 0. The lowest BCUT2D eigenvalue weighted by Crippen LogP contribution is -2.39. The molecule has 0 saturated carbocycles. The average Bonchev–Trinajstić information content (AvgIpc) is 2.93. The number of hydrogen-bond donors (Lipinski definition) is 1. The van der Waals surface area contributed by atoms with E-state index in [1.165, 1.54) is 19.3 Å². The molecule has 18 heavy (non-hydrogen) atoms. The van der Waals surface area contributed by atoms with Crippen molar-refractivity contribution in [1.82, 2.24) is 5.32 Å². The Morgan fingerprint density at radius 3 is 2.89 bits per heavy atom. The molecule has 0 bridgehead atoms. The van der Waals surface area contributed by atoms with E-state index < -0.39 is 0 Å². The topological polar surface area (TPSA) is 34.4 Å². The molecule has 0 radical (unpaired) electrons. The summed E-state index contributed by atoms with van der Waals surface area (Å²) < 4.78 is 10.9. The average molecular weight is 251 g/mol. The molecule has 3 heteroatoms. The van der Waals surface area contributed by atoms with Gasteiger partial charge in [0.25, 0.3) is 0 Å². The molecule has 0 amide bonds. The van der Waals surface area contributed by atoms with E-state index in [4.69, 9.17) is 9.15 Å². The highest BCUT2D eigenvalue weighted by Crippen LogP contribution is 2.22. The van der Waals surface area contributed by atoms with Gasteiger partial charge in [0.2, 0.25) is 0 Å². The number of hydrogen-bond acceptors (Lipinski definition) is 3. The van der Waals surface area contributed by atoms with Gasteiger partial charge in [-0.15, -0.1) is 0 Å². The Balaban J connectivity index is 1.83. The highest BCUT2D eigenvalue weighted by Gasteiger charge is 2.23. The van der Waals surface area contributed by atoms with Crippen LogP contribution < -0.4 is 5.32 Å². The van der Waals surface area contributed by atoms with Crippen LogP contribution in [-0.2, 0) is 11.2 Å². The largest absolute Gasteiger partial charge is 0.469 e. The summed E-state index contributed by atoms with van der Waals surface area (Å²) in [5, 5.41) is 3.70. The number of rotatable bonds is 7. The van der Waals surface area contributed by atoms with Crippen molar-refractivity contribution in [1.29, 1.82) is 0 Å². The molecule has 1 aromatic heterocycles. The van der Waals surface area contributed by atoms with E-state index in [1.807, 2.05) is 6.07 Å². The molecule has 1 saturated heterocycles. The van der Waals surface area contributed by atoms with Gasteiger partial charge < -0.3 is 14.5 Å². The van der Waals surface area contributed by atoms with E-state index in [2.05, 4.69) is 18.3 Å². The smallest absolute Gasteiger partial charge is 0.103 e. The summed E-state index contributed by atoms with van der Waals surface area (Å²) in [6.45, 7) is 5.19. The van der Waals surface area contributed by atoms with Gasteiger partial charge in [0.15, 0.2) is 0 Å². The Morgan fingerprint density at radius 2 is 2.22 bits per heavy atom. The van der Waals surface area contributed by atoms with Gasteiger partial charge in [0.1, 0.15) is 5.76 Å². The number of furan rings is 1. The van der Waals surface area contributed by atoms with Gasteiger partial charge in [0, 0.05) is 25.7 Å². The summed E-state index contributed by atoms with van der Waals surface area (Å²) in [5.74, 6) is 1.87. The molecule has 0 aliphatic carbocycles. The quantitative estimate of drug-likeness (QED) is 0.809. The van der Waals surface area contributed by atoms with Crippen molar-refractivity contribution in [2.24, 2.45) is 5.92 Å². The highest BCUT2D eigenvalue weighted by atomic mass is 16.5. The van der Waals surface area contributed by atoms with Crippen LogP contribution in [0, 0.1) is 5.92 Å². The van der Waals surface area contributed by atoms with Crippen molar-refractivity contribution in [3.8, 4) is 0 Å². The minimum Gasteiger partial charge on any atom is -0.469 e. The van der Waals surface area contributed by atoms with Crippen LogP contribution >= 0.6 is 0 Å². The van der Waals surface area contributed by atoms with Gasteiger partial charge in [-0.3, -0.25) is 0 Å². The summed E-state index contributed by atoms with van der Waals surface area (Å²) in [6, 6.07) is 4.65. The Kier molecular flexibility index (Phi) is 5.75. The van der Waals surface area contributed by atoms with Crippen molar-refractivity contribution < 1.29 is 9.15 Å². The number of nitrogens with one attached hydrogen (secondary N) is 1. The molecule has 2 rings (SSSR count). The lowest BCUT2D eigenvalue weighted by molar-refractivity contribution is 0.0525. The van der Waals surface area contributed by atoms with Crippen molar-refractivity contribution in [3.63, 3.8) is 0 Å². The molecule has 0 spiro atoms. The first kappa shape index (κ1) is 13.6. The van der Waals surface area contributed by atoms with Crippen LogP contribution in [0.3, 0.4) is 0 Å². The molecule has 1 aromatic rings. The zero-order chi connectivity index (χ0) is 12.6. The molecule has 1 fully saturated rings. The van der Waals surface area contributed by atoms with E-state index in [0.29, 0.717) is 6.04 Å². The Bertz CT molecular complexity index is 304. The third-order valence-electron chi connectivity index (χ3n) is 3.77. The summed E-state index contributed by atoms with van der Waals surface area (Å²) in [5.41, 5.74) is 0. The van der Waals surface area contributed by atoms with Crippen LogP contribution in [0.5, 0.6) is 0 Å². The molecule has 3 nitrogen and oxygen atoms in total. The fraction of sp³-hybridized carbons (Fsp3) is 0.733. The minimum absolute atomic E-state index is 0.610. The standard InChI is InChI=1S/C15H25NO2/c1-2-9-16-15(13-7-11-17-12-8-13)6-5-14-4-3-10-18-14/h3-4,10,13,15-16H,2,5-9,11-12H2,1H3. The van der Waals surface area contributed by atoms with Gasteiger partial charge >= 0.3 is 0 Å². The lowest BCUT2D eigenvalue weighted by Gasteiger charge is -2.31. The van der Waals surface area contributed by atoms with Crippen LogP contribution in [0.1, 0.15) is 38.4 Å². The Labute approximate surface area is 110 Å². The van der Waals surface area contributed by atoms with E-state index in [9.17, 15) is 0 Å². The van der Waals surface area contributed by atoms with Crippen molar-refractivity contribution in [3.05, 3.63) is 24.2 Å². The zero-order valence-corrected chi connectivity index (χ0v) is 11.4. The first-order valence-corrected chi connectivity index (χ1v) is 7.23. The van der Waals surface area contributed by atoms with Crippen LogP contribution in [0.25, 0.3) is 0 Å². The van der Waals surface area contributed by atoms with Crippen LogP contribution in [0.2, 0.25) is 0 Å². The fourth-order valence-electron chi connectivity index (χ4n) is 2.70. The molecule has 0 aromatic carbocycles. The second kappa shape index (κ2) is 7.59. The van der Waals surface area contributed by atoms with E-state index in [-0.39, 0.29) is 0 Å². The summed E-state index contributed by atoms with van der Waals surface area (Å²) >= 11 is 0. The third kappa shape index (κ3) is 4.14. The predicted molar refractivity (Wildman–Crippen MR) is 72.7 cm³/mol. The maximum absolute atomic E-state index is 5.46. The highest BCUT2D eigenvalue weighted by molar-refractivity contribution is 4.99. The van der Waals surface area contributed by atoms with Gasteiger partial charge in [-0.2, -0.15) is 0 Å². The van der Waals surface area contributed by atoms with E-state index in [0.717, 1.165) is 44.3 Å². The molecular weight excluding hydrogens is 226 g/mol. The zero-order valence-electron chi connectivity index (χ0n) is 11.4. The number of ether oxygens (including phenoxy) is 1. The molecular formula is C15H25NO2.